The van der Waals surface area contributed by atoms with Gasteiger partial charge in [0.1, 0.15) is 0 Å². The molecule has 3 heteroatoms. The molecule has 20 heavy (non-hydrogen) atoms. The summed E-state index contributed by atoms with van der Waals surface area (Å²) in [5.41, 5.74) is 1.48. The monoisotopic (exact) mass is 309 g/mol. The van der Waals surface area contributed by atoms with Gasteiger partial charge < -0.3 is 0 Å². The Hall–Kier alpha value is -0.670. The summed E-state index contributed by atoms with van der Waals surface area (Å²) in [5.74, 6) is 2.00. The fraction of sp³-hybridized carbons (Fsp3) is 0.588. The number of aryl methyl sites for hydroxylation is 1. The third kappa shape index (κ3) is 5.37. The van der Waals surface area contributed by atoms with Crippen molar-refractivity contribution in [3.63, 3.8) is 0 Å². The first-order valence-corrected chi connectivity index (χ1v) is 9.01. The summed E-state index contributed by atoms with van der Waals surface area (Å²) in [6.07, 6.45) is 1.96. The van der Waals surface area contributed by atoms with Gasteiger partial charge in [-0.25, -0.2) is 4.98 Å². The number of nitrogens with zero attached hydrogens (tertiary/aromatic N) is 1. The molecule has 0 unspecified atom stereocenters. The average molecular weight is 310 g/mol. The lowest BCUT2D eigenvalue weighted by Gasteiger charge is -2.00. The highest BCUT2D eigenvalue weighted by Gasteiger charge is 2.05. The Labute approximate surface area is 132 Å². The Bertz CT molecular complexity index is 484. The Morgan fingerprint density at radius 1 is 0.900 bits per heavy atom. The van der Waals surface area contributed by atoms with Gasteiger partial charge in [0.15, 0.2) is 0 Å². The first-order valence-electron chi connectivity index (χ1n) is 7.31. The molecule has 2 rings (SSSR count). The summed E-state index contributed by atoms with van der Waals surface area (Å²) in [7, 11) is 0. The lowest BCUT2D eigenvalue weighted by atomic mass is 10.1. The van der Waals surface area contributed by atoms with E-state index in [1.165, 1.54) is 20.3 Å². The molecule has 0 spiro atoms. The summed E-state index contributed by atoms with van der Waals surface area (Å²) in [4.78, 5) is 7.05. The topological polar surface area (TPSA) is 12.9 Å². The molecule has 2 heterocycles. The van der Waals surface area contributed by atoms with Crippen molar-refractivity contribution >= 4 is 22.7 Å². The Morgan fingerprint density at radius 3 is 1.75 bits per heavy atom. The Balaban J connectivity index is 0.000000204. The quantitative estimate of drug-likeness (QED) is 0.625. The van der Waals surface area contributed by atoms with Crippen LogP contribution in [0, 0.1) is 6.92 Å². The van der Waals surface area contributed by atoms with Gasteiger partial charge >= 0.3 is 0 Å². The van der Waals surface area contributed by atoms with Crippen LogP contribution in [0.15, 0.2) is 17.6 Å². The molecule has 0 aliphatic rings. The molecule has 0 bridgehead atoms. The maximum Gasteiger partial charge on any atom is 0.0896 e. The number of aromatic nitrogens is 1. The minimum Gasteiger partial charge on any atom is -0.250 e. The zero-order chi connectivity index (χ0) is 15.3. The molecule has 1 nitrogen and oxygen atoms in total. The SMILES string of the molecule is CC(C)c1csc(C(C)C)c1.Cc1ncc(C(C)C)s1. The summed E-state index contributed by atoms with van der Waals surface area (Å²) >= 11 is 3.67. The van der Waals surface area contributed by atoms with Crippen LogP contribution in [-0.2, 0) is 0 Å². The van der Waals surface area contributed by atoms with E-state index in [4.69, 9.17) is 0 Å². The number of thiazole rings is 1. The van der Waals surface area contributed by atoms with Gasteiger partial charge in [-0.15, -0.1) is 22.7 Å². The van der Waals surface area contributed by atoms with Gasteiger partial charge in [0.2, 0.25) is 0 Å². The van der Waals surface area contributed by atoms with E-state index in [1.54, 1.807) is 11.3 Å². The number of thiophene rings is 1. The summed E-state index contributed by atoms with van der Waals surface area (Å²) in [5, 5.41) is 3.44. The van der Waals surface area contributed by atoms with Crippen LogP contribution >= 0.6 is 22.7 Å². The zero-order valence-electron chi connectivity index (χ0n) is 13.7. The van der Waals surface area contributed by atoms with Gasteiger partial charge in [0.05, 0.1) is 5.01 Å². The van der Waals surface area contributed by atoms with Gasteiger partial charge in [0.25, 0.3) is 0 Å². The first-order chi connectivity index (χ1) is 9.31. The molecule has 0 saturated carbocycles. The van der Waals surface area contributed by atoms with Gasteiger partial charge in [-0.3, -0.25) is 0 Å². The minimum absolute atomic E-state index is 0.635. The van der Waals surface area contributed by atoms with E-state index >= 15 is 0 Å². The normalized spacial score (nSPS) is 11.1. The molecular formula is C17H27NS2. The fourth-order valence-electron chi connectivity index (χ4n) is 1.62. The van der Waals surface area contributed by atoms with Crippen LogP contribution in [0.25, 0.3) is 0 Å². The largest absolute Gasteiger partial charge is 0.250 e. The van der Waals surface area contributed by atoms with Crippen molar-refractivity contribution in [2.45, 2.75) is 66.2 Å². The van der Waals surface area contributed by atoms with Gasteiger partial charge in [-0.05, 0) is 41.7 Å². The highest BCUT2D eigenvalue weighted by Crippen LogP contribution is 2.27. The third-order valence-electron chi connectivity index (χ3n) is 3.08. The second kappa shape index (κ2) is 7.94. The van der Waals surface area contributed by atoms with Crippen LogP contribution in [0.1, 0.15) is 79.6 Å². The number of hydrogen-bond acceptors (Lipinski definition) is 3. The van der Waals surface area contributed by atoms with Crippen LogP contribution in [0.5, 0.6) is 0 Å². The van der Waals surface area contributed by atoms with E-state index in [1.807, 2.05) is 24.5 Å². The van der Waals surface area contributed by atoms with Crippen LogP contribution in [0.4, 0.5) is 0 Å². The average Bonchev–Trinajstić information content (AvgIpc) is 2.97. The molecule has 0 fully saturated rings. The fourth-order valence-corrected chi connectivity index (χ4v) is 3.49. The number of hydrogen-bond donors (Lipinski definition) is 0. The molecule has 0 aliphatic heterocycles. The van der Waals surface area contributed by atoms with Crippen LogP contribution in [0.2, 0.25) is 0 Å². The van der Waals surface area contributed by atoms with Crippen LogP contribution < -0.4 is 0 Å². The Kier molecular flexibility index (Phi) is 6.90. The molecule has 2 aromatic heterocycles. The van der Waals surface area contributed by atoms with Crippen LogP contribution in [0.3, 0.4) is 0 Å². The predicted molar refractivity (Wildman–Crippen MR) is 93.4 cm³/mol. The zero-order valence-corrected chi connectivity index (χ0v) is 15.4. The van der Waals surface area contributed by atoms with E-state index < -0.39 is 0 Å². The molecule has 0 radical (unpaired) electrons. The number of rotatable bonds is 3. The first kappa shape index (κ1) is 17.4. The molecule has 0 N–H and O–H groups in total. The van der Waals surface area contributed by atoms with Crippen molar-refractivity contribution in [2.24, 2.45) is 0 Å². The van der Waals surface area contributed by atoms with Gasteiger partial charge in [0, 0.05) is 16.0 Å². The molecular weight excluding hydrogens is 282 g/mol. The predicted octanol–water partition coefficient (Wildman–Crippen LogP) is 6.57. The van der Waals surface area contributed by atoms with Crippen molar-refractivity contribution in [3.05, 3.63) is 38.0 Å². The van der Waals surface area contributed by atoms with E-state index in [0.29, 0.717) is 17.8 Å². The lowest BCUT2D eigenvalue weighted by Crippen LogP contribution is -1.83. The van der Waals surface area contributed by atoms with Gasteiger partial charge in [-0.1, -0.05) is 41.5 Å². The maximum atomic E-state index is 4.16. The van der Waals surface area contributed by atoms with Crippen molar-refractivity contribution in [3.8, 4) is 0 Å². The molecule has 0 atom stereocenters. The molecule has 0 aromatic carbocycles. The minimum atomic E-state index is 0.635. The maximum absolute atomic E-state index is 4.16. The van der Waals surface area contributed by atoms with E-state index in [2.05, 4.69) is 58.0 Å². The van der Waals surface area contributed by atoms with E-state index in [0.717, 1.165) is 0 Å². The highest BCUT2D eigenvalue weighted by atomic mass is 32.1. The third-order valence-corrected chi connectivity index (χ3v) is 5.55. The summed E-state index contributed by atoms with van der Waals surface area (Å²) in [6.45, 7) is 15.4. The highest BCUT2D eigenvalue weighted by molar-refractivity contribution is 7.11. The Morgan fingerprint density at radius 2 is 1.50 bits per heavy atom. The van der Waals surface area contributed by atoms with E-state index in [9.17, 15) is 0 Å². The van der Waals surface area contributed by atoms with Crippen molar-refractivity contribution in [1.29, 1.82) is 0 Å². The molecule has 0 saturated heterocycles. The van der Waals surface area contributed by atoms with Crippen molar-refractivity contribution in [1.82, 2.24) is 4.98 Å². The van der Waals surface area contributed by atoms with Crippen molar-refractivity contribution < 1.29 is 0 Å². The second-order valence-corrected chi connectivity index (χ2v) is 8.24. The van der Waals surface area contributed by atoms with Crippen molar-refractivity contribution in [2.75, 3.05) is 0 Å². The van der Waals surface area contributed by atoms with Crippen LogP contribution in [-0.4, -0.2) is 4.98 Å². The van der Waals surface area contributed by atoms with E-state index in [-0.39, 0.29) is 0 Å². The summed E-state index contributed by atoms with van der Waals surface area (Å²) < 4.78 is 0. The smallest absolute Gasteiger partial charge is 0.0896 e. The molecule has 112 valence electrons. The summed E-state index contributed by atoms with van der Waals surface area (Å²) in [6, 6.07) is 2.33. The molecule has 2 aromatic rings. The molecule has 0 aliphatic carbocycles. The second-order valence-electron chi connectivity index (χ2n) is 6.03. The molecule has 0 amide bonds. The standard InChI is InChI=1S/C10H16S.C7H11NS/c1-7(2)9-5-10(8(3)4)11-6-9;1-5(2)7-4-8-6(3)9-7/h5-8H,1-4H3;4-5H,1-3H3. The van der Waals surface area contributed by atoms with Gasteiger partial charge in [-0.2, -0.15) is 0 Å². The lowest BCUT2D eigenvalue weighted by molar-refractivity contribution is 0.856.